The Bertz CT molecular complexity index is 637. The number of aryl methyl sites for hydroxylation is 2. The molecule has 4 heteroatoms. The van der Waals surface area contributed by atoms with Crippen molar-refractivity contribution in [3.8, 4) is 0 Å². The maximum atomic E-state index is 12.7. The van der Waals surface area contributed by atoms with Crippen LogP contribution < -0.4 is 5.32 Å². The standard InChI is InChI=1S/C17H19NO3/c1-8-3-4-12(9(2)5-8)18-16(19)14-10-6-11-13(7-10)21-17(20)15(11)14/h3-5,10-11,13-15H,6-7H2,1-2H3,(H,18,19)/t10-,11-,13+,14-,15-/m0/s1. The van der Waals surface area contributed by atoms with Crippen LogP contribution in [0.4, 0.5) is 5.69 Å². The Morgan fingerprint density at radius 1 is 1.29 bits per heavy atom. The number of hydrogen-bond donors (Lipinski definition) is 1. The number of rotatable bonds is 2. The molecule has 1 saturated heterocycles. The molecule has 1 aliphatic heterocycles. The van der Waals surface area contributed by atoms with Gasteiger partial charge < -0.3 is 10.1 Å². The molecule has 1 amide bonds. The lowest BCUT2D eigenvalue weighted by atomic mass is 9.79. The zero-order valence-electron chi connectivity index (χ0n) is 12.3. The second kappa shape index (κ2) is 4.33. The predicted molar refractivity (Wildman–Crippen MR) is 77.6 cm³/mol. The minimum Gasteiger partial charge on any atom is -0.462 e. The van der Waals surface area contributed by atoms with Gasteiger partial charge in [-0.15, -0.1) is 0 Å². The van der Waals surface area contributed by atoms with Crippen molar-refractivity contribution in [1.29, 1.82) is 0 Å². The molecule has 5 atom stereocenters. The average Bonchev–Trinajstić information content (AvgIpc) is 3.02. The van der Waals surface area contributed by atoms with Crippen LogP contribution in [0.25, 0.3) is 0 Å². The minimum atomic E-state index is -0.209. The Balaban J connectivity index is 1.57. The van der Waals surface area contributed by atoms with Crippen LogP contribution >= 0.6 is 0 Å². The summed E-state index contributed by atoms with van der Waals surface area (Å²) in [6.45, 7) is 4.02. The summed E-state index contributed by atoms with van der Waals surface area (Å²) in [4.78, 5) is 24.6. The largest absolute Gasteiger partial charge is 0.462 e. The molecule has 21 heavy (non-hydrogen) atoms. The highest BCUT2D eigenvalue weighted by atomic mass is 16.6. The van der Waals surface area contributed by atoms with Gasteiger partial charge in [-0.2, -0.15) is 0 Å². The van der Waals surface area contributed by atoms with E-state index in [2.05, 4.69) is 11.4 Å². The van der Waals surface area contributed by atoms with Gasteiger partial charge in [-0.05, 0) is 44.2 Å². The third kappa shape index (κ3) is 1.81. The molecule has 2 saturated carbocycles. The van der Waals surface area contributed by atoms with Crippen molar-refractivity contribution in [3.05, 3.63) is 29.3 Å². The van der Waals surface area contributed by atoms with Crippen molar-refractivity contribution < 1.29 is 14.3 Å². The van der Waals surface area contributed by atoms with Crippen molar-refractivity contribution in [3.63, 3.8) is 0 Å². The maximum Gasteiger partial charge on any atom is 0.310 e. The molecule has 2 aliphatic carbocycles. The third-order valence-electron chi connectivity index (χ3n) is 5.43. The number of esters is 1. The molecule has 3 aliphatic rings. The van der Waals surface area contributed by atoms with Crippen LogP contribution in [0.2, 0.25) is 0 Å². The van der Waals surface area contributed by atoms with Gasteiger partial charge >= 0.3 is 5.97 Å². The number of carbonyl (C=O) groups is 2. The predicted octanol–water partition coefficient (Wildman–Crippen LogP) is 2.44. The summed E-state index contributed by atoms with van der Waals surface area (Å²) >= 11 is 0. The molecule has 2 bridgehead atoms. The maximum absolute atomic E-state index is 12.7. The molecule has 110 valence electrons. The van der Waals surface area contributed by atoms with Crippen LogP contribution in [-0.2, 0) is 14.3 Å². The van der Waals surface area contributed by atoms with Crippen LogP contribution in [0.15, 0.2) is 18.2 Å². The minimum absolute atomic E-state index is 0.0169. The fourth-order valence-corrected chi connectivity index (χ4v) is 4.53. The molecular weight excluding hydrogens is 266 g/mol. The van der Waals surface area contributed by atoms with Gasteiger partial charge in [0.25, 0.3) is 0 Å². The summed E-state index contributed by atoms with van der Waals surface area (Å²) in [5.74, 6) is -0.0106. The smallest absolute Gasteiger partial charge is 0.310 e. The van der Waals surface area contributed by atoms with Crippen molar-refractivity contribution in [2.75, 3.05) is 5.32 Å². The molecule has 4 rings (SSSR count). The van der Waals surface area contributed by atoms with E-state index in [-0.39, 0.29) is 35.7 Å². The first-order valence-electron chi connectivity index (χ1n) is 7.63. The van der Waals surface area contributed by atoms with Gasteiger partial charge in [-0.1, -0.05) is 17.7 Å². The van der Waals surface area contributed by atoms with Gasteiger partial charge in [0.05, 0.1) is 11.8 Å². The van der Waals surface area contributed by atoms with E-state index in [1.165, 1.54) is 5.56 Å². The Kier molecular flexibility index (Phi) is 2.65. The SMILES string of the molecule is Cc1ccc(NC(=O)[C@H]2[C@H]3C[C@@H]4[C@@H]2C(=O)O[C@@H]4C3)c(C)c1. The molecule has 0 aromatic heterocycles. The average molecular weight is 285 g/mol. The zero-order chi connectivity index (χ0) is 14.7. The van der Waals surface area contributed by atoms with Gasteiger partial charge in [0.15, 0.2) is 0 Å². The van der Waals surface area contributed by atoms with Crippen molar-refractivity contribution in [2.24, 2.45) is 23.7 Å². The molecule has 0 spiro atoms. The summed E-state index contributed by atoms with van der Waals surface area (Å²) in [5.41, 5.74) is 3.07. The second-order valence-corrected chi connectivity index (χ2v) is 6.73. The number of ether oxygens (including phenoxy) is 1. The first-order chi connectivity index (χ1) is 10.0. The number of amides is 1. The molecule has 1 heterocycles. The van der Waals surface area contributed by atoms with E-state index in [1.54, 1.807) is 0 Å². The normalized spacial score (nSPS) is 35.9. The number of benzene rings is 1. The van der Waals surface area contributed by atoms with Crippen LogP contribution in [0, 0.1) is 37.5 Å². The first-order valence-corrected chi connectivity index (χ1v) is 7.63. The molecule has 1 aromatic carbocycles. The van der Waals surface area contributed by atoms with Gasteiger partial charge in [0.2, 0.25) is 5.91 Å². The summed E-state index contributed by atoms with van der Waals surface area (Å²) in [5, 5.41) is 3.02. The quantitative estimate of drug-likeness (QED) is 0.849. The Hall–Kier alpha value is -1.84. The fraction of sp³-hybridized carbons (Fsp3) is 0.529. The number of anilines is 1. The van der Waals surface area contributed by atoms with E-state index >= 15 is 0 Å². The summed E-state index contributed by atoms with van der Waals surface area (Å²) in [7, 11) is 0. The van der Waals surface area contributed by atoms with E-state index in [1.807, 2.05) is 26.0 Å². The Labute approximate surface area is 123 Å². The highest BCUT2D eigenvalue weighted by molar-refractivity contribution is 5.97. The van der Waals surface area contributed by atoms with Gasteiger partial charge in [-0.3, -0.25) is 9.59 Å². The van der Waals surface area contributed by atoms with Gasteiger partial charge in [0.1, 0.15) is 6.10 Å². The van der Waals surface area contributed by atoms with E-state index in [9.17, 15) is 9.59 Å². The number of nitrogens with one attached hydrogen (secondary N) is 1. The fourth-order valence-electron chi connectivity index (χ4n) is 4.53. The summed E-state index contributed by atoms with van der Waals surface area (Å²) < 4.78 is 5.39. The van der Waals surface area contributed by atoms with Crippen LogP contribution in [-0.4, -0.2) is 18.0 Å². The monoisotopic (exact) mass is 285 g/mol. The van der Waals surface area contributed by atoms with Crippen molar-refractivity contribution in [1.82, 2.24) is 0 Å². The zero-order valence-corrected chi connectivity index (χ0v) is 12.3. The van der Waals surface area contributed by atoms with Crippen LogP contribution in [0.5, 0.6) is 0 Å². The first kappa shape index (κ1) is 12.9. The third-order valence-corrected chi connectivity index (χ3v) is 5.43. The molecule has 1 N–H and O–H groups in total. The Morgan fingerprint density at radius 3 is 2.86 bits per heavy atom. The highest BCUT2D eigenvalue weighted by Crippen LogP contribution is 2.57. The van der Waals surface area contributed by atoms with Crippen molar-refractivity contribution >= 4 is 17.6 Å². The number of hydrogen-bond acceptors (Lipinski definition) is 3. The molecule has 0 unspecified atom stereocenters. The van der Waals surface area contributed by atoms with Crippen LogP contribution in [0.3, 0.4) is 0 Å². The van der Waals surface area contributed by atoms with Crippen molar-refractivity contribution in [2.45, 2.75) is 32.8 Å². The van der Waals surface area contributed by atoms with Crippen LogP contribution in [0.1, 0.15) is 24.0 Å². The summed E-state index contributed by atoms with van der Waals surface area (Å²) in [6.07, 6.45) is 1.90. The second-order valence-electron chi connectivity index (χ2n) is 6.73. The van der Waals surface area contributed by atoms with E-state index < -0.39 is 0 Å². The topological polar surface area (TPSA) is 55.4 Å². The van der Waals surface area contributed by atoms with Gasteiger partial charge in [0, 0.05) is 11.6 Å². The lowest BCUT2D eigenvalue weighted by Crippen LogP contribution is -2.36. The van der Waals surface area contributed by atoms with E-state index in [4.69, 9.17) is 4.74 Å². The highest BCUT2D eigenvalue weighted by Gasteiger charge is 2.63. The lowest BCUT2D eigenvalue weighted by Gasteiger charge is -2.24. The molecule has 3 fully saturated rings. The van der Waals surface area contributed by atoms with E-state index in [0.29, 0.717) is 5.92 Å². The molecule has 1 aromatic rings. The number of fused-ring (bicyclic) bond motifs is 1. The number of carbonyl (C=O) groups excluding carboxylic acids is 2. The molecular formula is C17H19NO3. The Morgan fingerprint density at radius 2 is 2.10 bits per heavy atom. The molecule has 0 radical (unpaired) electrons. The summed E-state index contributed by atoms with van der Waals surface area (Å²) in [6, 6.07) is 5.98. The molecule has 4 nitrogen and oxygen atoms in total. The lowest BCUT2D eigenvalue weighted by molar-refractivity contribution is -0.145. The van der Waals surface area contributed by atoms with E-state index in [0.717, 1.165) is 24.1 Å². The van der Waals surface area contributed by atoms with Gasteiger partial charge in [-0.25, -0.2) is 0 Å².